The number of nitrogens with one attached hydrogen (secondary N) is 2. The Morgan fingerprint density at radius 2 is 1.04 bits per heavy atom. The van der Waals surface area contributed by atoms with Crippen LogP contribution in [-0.4, -0.2) is 33.8 Å². The van der Waals surface area contributed by atoms with Crippen LogP contribution in [-0.2, 0) is 0 Å². The molecule has 0 fully saturated rings. The molecule has 0 radical (unpaired) electrons. The first-order chi connectivity index (χ1) is 11.6. The summed E-state index contributed by atoms with van der Waals surface area (Å²) in [7, 11) is 0. The number of thiol groups is 2. The van der Waals surface area contributed by atoms with Crippen molar-refractivity contribution in [1.29, 1.82) is 0 Å². The van der Waals surface area contributed by atoms with Crippen LogP contribution in [0.5, 0.6) is 0 Å². The number of anilines is 2. The quantitative estimate of drug-likeness (QED) is 0.612. The van der Waals surface area contributed by atoms with Gasteiger partial charge in [0.15, 0.2) is 0 Å². The van der Waals surface area contributed by atoms with E-state index in [1.165, 1.54) is 8.61 Å². The van der Waals surface area contributed by atoms with Gasteiger partial charge in [-0.2, -0.15) is 0 Å². The number of rotatable bonds is 5. The predicted octanol–water partition coefficient (Wildman–Crippen LogP) is 3.74. The summed E-state index contributed by atoms with van der Waals surface area (Å²) in [5.41, 5.74) is 1.34. The molecule has 0 aliphatic carbocycles. The summed E-state index contributed by atoms with van der Waals surface area (Å²) in [6.07, 6.45) is 0. The van der Waals surface area contributed by atoms with Crippen LogP contribution in [0.1, 0.15) is 0 Å². The van der Waals surface area contributed by atoms with Gasteiger partial charge in [0.25, 0.3) is 0 Å². The fourth-order valence-electron chi connectivity index (χ4n) is 1.81. The number of urea groups is 2. The van der Waals surface area contributed by atoms with Crippen molar-refractivity contribution in [2.75, 3.05) is 23.7 Å². The number of carbonyl (C=O) groups excluding carboxylic acids is 2. The first-order valence-corrected chi connectivity index (χ1v) is 8.01. The molecule has 6 nitrogen and oxygen atoms in total. The van der Waals surface area contributed by atoms with Gasteiger partial charge in [-0.25, -0.2) is 9.59 Å². The van der Waals surface area contributed by atoms with Crippen LogP contribution in [0.2, 0.25) is 0 Å². The topological polar surface area (TPSA) is 64.7 Å². The van der Waals surface area contributed by atoms with Gasteiger partial charge < -0.3 is 10.6 Å². The Bertz CT molecular complexity index is 611. The third-order valence-corrected chi connectivity index (χ3v) is 3.81. The molecule has 0 saturated heterocycles. The summed E-state index contributed by atoms with van der Waals surface area (Å²) >= 11 is 8.25. The molecular weight excluding hydrogens is 344 g/mol. The molecule has 0 aromatic heterocycles. The van der Waals surface area contributed by atoms with Gasteiger partial charge >= 0.3 is 12.1 Å². The predicted molar refractivity (Wildman–Crippen MR) is 102 cm³/mol. The zero-order chi connectivity index (χ0) is 17.4. The van der Waals surface area contributed by atoms with Crippen LogP contribution >= 0.6 is 25.6 Å². The van der Waals surface area contributed by atoms with E-state index in [2.05, 4.69) is 36.3 Å². The summed E-state index contributed by atoms with van der Waals surface area (Å²) in [5, 5.41) is 5.40. The lowest BCUT2D eigenvalue weighted by molar-refractivity contribution is 0.230. The second kappa shape index (κ2) is 9.09. The molecule has 24 heavy (non-hydrogen) atoms. The number of benzene rings is 2. The highest BCUT2D eigenvalue weighted by Crippen LogP contribution is 2.10. The van der Waals surface area contributed by atoms with Crippen molar-refractivity contribution in [3.8, 4) is 0 Å². The maximum atomic E-state index is 12.0. The molecule has 126 valence electrons. The molecule has 0 aliphatic heterocycles. The Labute approximate surface area is 151 Å². The van der Waals surface area contributed by atoms with Gasteiger partial charge in [0, 0.05) is 11.4 Å². The number of nitrogens with zero attached hydrogens (tertiary/aromatic N) is 2. The maximum absolute atomic E-state index is 12.0. The largest absolute Gasteiger partial charge is 0.331 e. The van der Waals surface area contributed by atoms with Crippen LogP contribution in [0.15, 0.2) is 60.7 Å². The molecule has 2 aromatic rings. The molecule has 0 bridgehead atoms. The molecule has 2 aromatic carbocycles. The SMILES string of the molecule is O=C(Nc1ccccc1)N(S)CCN(S)C(=O)Nc1ccccc1. The minimum atomic E-state index is -0.380. The van der Waals surface area contributed by atoms with E-state index in [-0.39, 0.29) is 25.2 Å². The smallest absolute Gasteiger partial charge is 0.307 e. The first kappa shape index (κ1) is 18.0. The van der Waals surface area contributed by atoms with Crippen molar-refractivity contribution >= 4 is 49.1 Å². The van der Waals surface area contributed by atoms with Crippen LogP contribution in [0.4, 0.5) is 21.0 Å². The average molecular weight is 362 g/mol. The fourth-order valence-corrected chi connectivity index (χ4v) is 2.09. The van der Waals surface area contributed by atoms with E-state index < -0.39 is 0 Å². The molecule has 8 heteroatoms. The lowest BCUT2D eigenvalue weighted by Crippen LogP contribution is -2.36. The Kier molecular flexibility index (Phi) is 6.83. The van der Waals surface area contributed by atoms with Gasteiger partial charge in [-0.15, -0.1) is 0 Å². The average Bonchev–Trinajstić information content (AvgIpc) is 2.61. The summed E-state index contributed by atoms with van der Waals surface area (Å²) in [6.45, 7) is 0.432. The van der Waals surface area contributed by atoms with Crippen LogP contribution in [0, 0.1) is 0 Å². The highest BCUT2D eigenvalue weighted by molar-refractivity contribution is 7.78. The van der Waals surface area contributed by atoms with Crippen molar-refractivity contribution in [2.45, 2.75) is 0 Å². The van der Waals surface area contributed by atoms with Crippen molar-refractivity contribution in [1.82, 2.24) is 8.61 Å². The Hall–Kier alpha value is -2.32. The van der Waals surface area contributed by atoms with Crippen molar-refractivity contribution in [2.24, 2.45) is 0 Å². The van der Waals surface area contributed by atoms with E-state index in [4.69, 9.17) is 0 Å². The van der Waals surface area contributed by atoms with E-state index in [1.807, 2.05) is 36.4 Å². The standard InChI is InChI=1S/C16H18N4O2S2/c21-15(17-13-7-3-1-4-8-13)19(23)11-12-20(24)16(22)18-14-9-5-2-6-10-14/h1-10,23-24H,11-12H2,(H,17,21)(H,18,22). The third-order valence-electron chi connectivity index (χ3n) is 3.04. The highest BCUT2D eigenvalue weighted by Gasteiger charge is 2.14. The second-order valence-electron chi connectivity index (χ2n) is 4.84. The van der Waals surface area contributed by atoms with Crippen LogP contribution < -0.4 is 10.6 Å². The maximum Gasteiger partial charge on any atom is 0.331 e. The molecule has 4 amide bonds. The second-order valence-corrected chi connectivity index (χ2v) is 5.80. The minimum absolute atomic E-state index is 0.216. The zero-order valence-electron chi connectivity index (χ0n) is 12.8. The third kappa shape index (κ3) is 5.71. The number of amides is 4. The van der Waals surface area contributed by atoms with Gasteiger partial charge in [-0.3, -0.25) is 8.61 Å². The molecule has 0 saturated carbocycles. The van der Waals surface area contributed by atoms with E-state index in [0.29, 0.717) is 11.4 Å². The summed E-state index contributed by atoms with van der Waals surface area (Å²) in [5.74, 6) is 0. The molecule has 0 atom stereocenters. The molecular formula is C16H18N4O2S2. The van der Waals surface area contributed by atoms with Gasteiger partial charge in [0.1, 0.15) is 0 Å². The lowest BCUT2D eigenvalue weighted by Gasteiger charge is -2.21. The van der Waals surface area contributed by atoms with E-state index >= 15 is 0 Å². The Morgan fingerprint density at radius 3 is 1.38 bits per heavy atom. The highest BCUT2D eigenvalue weighted by atomic mass is 32.1. The van der Waals surface area contributed by atoms with Gasteiger partial charge in [0.05, 0.1) is 13.1 Å². The van der Waals surface area contributed by atoms with Crippen molar-refractivity contribution in [3.63, 3.8) is 0 Å². The summed E-state index contributed by atoms with van der Waals surface area (Å²) < 4.78 is 2.37. The number of para-hydroxylation sites is 2. The van der Waals surface area contributed by atoms with Gasteiger partial charge in [0.2, 0.25) is 0 Å². The minimum Gasteiger partial charge on any atom is -0.307 e. The zero-order valence-corrected chi connectivity index (χ0v) is 14.6. The van der Waals surface area contributed by atoms with E-state index in [1.54, 1.807) is 24.3 Å². The normalized spacial score (nSPS) is 9.92. The van der Waals surface area contributed by atoms with Crippen LogP contribution in [0.25, 0.3) is 0 Å². The van der Waals surface area contributed by atoms with Gasteiger partial charge in [-0.05, 0) is 24.3 Å². The van der Waals surface area contributed by atoms with Crippen molar-refractivity contribution in [3.05, 3.63) is 60.7 Å². The molecule has 0 heterocycles. The molecule has 2 rings (SSSR count). The molecule has 0 unspecified atom stereocenters. The summed E-state index contributed by atoms with van der Waals surface area (Å²) in [4.78, 5) is 24.0. The molecule has 2 N–H and O–H groups in total. The monoisotopic (exact) mass is 362 g/mol. The van der Waals surface area contributed by atoms with E-state index in [9.17, 15) is 9.59 Å². The Morgan fingerprint density at radius 1 is 0.708 bits per heavy atom. The van der Waals surface area contributed by atoms with Crippen LogP contribution in [0.3, 0.4) is 0 Å². The molecule has 0 aliphatic rings. The fraction of sp³-hybridized carbons (Fsp3) is 0.125. The number of hydrogen-bond acceptors (Lipinski definition) is 4. The molecule has 0 spiro atoms. The number of carbonyl (C=O) groups is 2. The summed E-state index contributed by atoms with van der Waals surface area (Å²) in [6, 6.07) is 17.3. The lowest BCUT2D eigenvalue weighted by atomic mass is 10.3. The van der Waals surface area contributed by atoms with E-state index in [0.717, 1.165) is 0 Å². The van der Waals surface area contributed by atoms with Crippen molar-refractivity contribution < 1.29 is 9.59 Å². The van der Waals surface area contributed by atoms with Gasteiger partial charge in [-0.1, -0.05) is 62.0 Å². The Balaban J connectivity index is 1.77. The number of hydrogen-bond donors (Lipinski definition) is 4. The first-order valence-electron chi connectivity index (χ1n) is 7.21.